The Kier molecular flexibility index (Phi) is 3.99. The molecule has 1 unspecified atom stereocenters. The highest BCUT2D eigenvalue weighted by molar-refractivity contribution is 5.86. The Bertz CT molecular complexity index is 865. The monoisotopic (exact) mass is 317 g/mol. The van der Waals surface area contributed by atoms with Crippen LogP contribution in [-0.4, -0.2) is 18.6 Å². The Labute approximate surface area is 143 Å². The molecule has 0 saturated carbocycles. The van der Waals surface area contributed by atoms with Crippen molar-refractivity contribution in [1.82, 2.24) is 4.90 Å². The van der Waals surface area contributed by atoms with Crippen LogP contribution >= 0.6 is 0 Å². The molecule has 2 heteroatoms. The van der Waals surface area contributed by atoms with Gasteiger partial charge in [0.15, 0.2) is 0 Å². The first kappa shape index (κ1) is 15.2. The van der Waals surface area contributed by atoms with Crippen molar-refractivity contribution in [1.29, 1.82) is 0 Å². The minimum absolute atomic E-state index is 0.409. The molecule has 1 heterocycles. The topological polar surface area (TPSA) is 12.5 Å². The van der Waals surface area contributed by atoms with Crippen LogP contribution < -0.4 is 4.74 Å². The zero-order valence-electron chi connectivity index (χ0n) is 14.3. The van der Waals surface area contributed by atoms with Gasteiger partial charge in [-0.05, 0) is 52.9 Å². The summed E-state index contributed by atoms with van der Waals surface area (Å²) in [5, 5.41) is 2.69. The van der Waals surface area contributed by atoms with Crippen LogP contribution in [0.3, 0.4) is 0 Å². The second-order valence-corrected chi connectivity index (χ2v) is 6.60. The lowest BCUT2D eigenvalue weighted by Gasteiger charge is -2.34. The minimum atomic E-state index is 0.409. The van der Waals surface area contributed by atoms with E-state index in [1.807, 2.05) is 0 Å². The third kappa shape index (κ3) is 2.67. The molecule has 1 aliphatic heterocycles. The maximum absolute atomic E-state index is 5.36. The van der Waals surface area contributed by atoms with Gasteiger partial charge in [-0.1, -0.05) is 48.5 Å². The van der Waals surface area contributed by atoms with Crippen molar-refractivity contribution in [2.24, 2.45) is 0 Å². The van der Waals surface area contributed by atoms with Crippen LogP contribution in [0.1, 0.15) is 29.7 Å². The van der Waals surface area contributed by atoms with Crippen molar-refractivity contribution in [2.75, 3.05) is 13.7 Å². The van der Waals surface area contributed by atoms with Gasteiger partial charge in [0.25, 0.3) is 0 Å². The molecule has 0 amide bonds. The maximum Gasteiger partial charge on any atom is 0.119 e. The van der Waals surface area contributed by atoms with Crippen LogP contribution in [0, 0.1) is 0 Å². The zero-order chi connectivity index (χ0) is 16.5. The lowest BCUT2D eigenvalue weighted by Crippen LogP contribution is -2.33. The first-order valence-corrected chi connectivity index (χ1v) is 8.64. The van der Waals surface area contributed by atoms with Crippen molar-refractivity contribution in [2.45, 2.75) is 25.9 Å². The number of hydrogen-bond donors (Lipinski definition) is 0. The molecule has 2 nitrogen and oxygen atoms in total. The van der Waals surface area contributed by atoms with Crippen LogP contribution in [-0.2, 0) is 13.0 Å². The van der Waals surface area contributed by atoms with Crippen LogP contribution in [0.4, 0.5) is 0 Å². The van der Waals surface area contributed by atoms with E-state index in [1.165, 1.54) is 27.5 Å². The highest BCUT2D eigenvalue weighted by Crippen LogP contribution is 2.32. The van der Waals surface area contributed by atoms with E-state index in [2.05, 4.69) is 72.5 Å². The molecule has 24 heavy (non-hydrogen) atoms. The molecule has 3 aromatic rings. The SMILES string of the molecule is COc1ccc2c(c1)CCN(C(C)c1cccc3ccccc13)C2. The molecule has 0 spiro atoms. The minimum Gasteiger partial charge on any atom is -0.497 e. The fourth-order valence-electron chi connectivity index (χ4n) is 3.82. The van der Waals surface area contributed by atoms with Gasteiger partial charge in [0, 0.05) is 19.1 Å². The molecule has 1 aliphatic rings. The molecule has 0 N–H and O–H groups in total. The summed E-state index contributed by atoms with van der Waals surface area (Å²) in [7, 11) is 1.74. The fourth-order valence-corrected chi connectivity index (χ4v) is 3.82. The van der Waals surface area contributed by atoms with Gasteiger partial charge in [0.2, 0.25) is 0 Å². The Morgan fingerprint density at radius 2 is 1.79 bits per heavy atom. The van der Waals surface area contributed by atoms with E-state index in [9.17, 15) is 0 Å². The van der Waals surface area contributed by atoms with E-state index in [0.717, 1.165) is 25.3 Å². The first-order chi connectivity index (χ1) is 11.8. The quantitative estimate of drug-likeness (QED) is 0.676. The lowest BCUT2D eigenvalue weighted by molar-refractivity contribution is 0.193. The summed E-state index contributed by atoms with van der Waals surface area (Å²) in [6.45, 7) is 4.42. The number of rotatable bonds is 3. The molecule has 0 aliphatic carbocycles. The molecule has 0 fully saturated rings. The highest BCUT2D eigenvalue weighted by Gasteiger charge is 2.23. The standard InChI is InChI=1S/C22H23NO/c1-16(21-9-5-7-17-6-3-4-8-22(17)21)23-13-12-18-14-20(24-2)11-10-19(18)15-23/h3-11,14,16H,12-13,15H2,1-2H3. The van der Waals surface area contributed by atoms with Gasteiger partial charge in [0.1, 0.15) is 5.75 Å². The van der Waals surface area contributed by atoms with Gasteiger partial charge in [0.05, 0.1) is 7.11 Å². The third-order valence-electron chi connectivity index (χ3n) is 5.28. The molecule has 0 aromatic heterocycles. The summed E-state index contributed by atoms with van der Waals surface area (Å²) in [5.74, 6) is 0.962. The van der Waals surface area contributed by atoms with Crippen LogP contribution in [0.15, 0.2) is 60.7 Å². The Hall–Kier alpha value is -2.32. The number of benzene rings is 3. The summed E-state index contributed by atoms with van der Waals surface area (Å²) in [5.41, 5.74) is 4.27. The van der Waals surface area contributed by atoms with Gasteiger partial charge in [-0.15, -0.1) is 0 Å². The zero-order valence-corrected chi connectivity index (χ0v) is 14.3. The van der Waals surface area contributed by atoms with Gasteiger partial charge < -0.3 is 4.74 Å². The van der Waals surface area contributed by atoms with Crippen molar-refractivity contribution < 1.29 is 4.74 Å². The number of nitrogens with zero attached hydrogens (tertiary/aromatic N) is 1. The highest BCUT2D eigenvalue weighted by atomic mass is 16.5. The maximum atomic E-state index is 5.36. The van der Waals surface area contributed by atoms with Gasteiger partial charge >= 0.3 is 0 Å². The second kappa shape index (κ2) is 6.29. The van der Waals surface area contributed by atoms with Gasteiger partial charge in [-0.2, -0.15) is 0 Å². The Balaban J connectivity index is 1.64. The van der Waals surface area contributed by atoms with E-state index >= 15 is 0 Å². The van der Waals surface area contributed by atoms with E-state index in [1.54, 1.807) is 7.11 Å². The van der Waals surface area contributed by atoms with Crippen LogP contribution in [0.25, 0.3) is 10.8 Å². The Morgan fingerprint density at radius 1 is 0.958 bits per heavy atom. The molecule has 4 rings (SSSR count). The van der Waals surface area contributed by atoms with Crippen molar-refractivity contribution >= 4 is 10.8 Å². The van der Waals surface area contributed by atoms with Crippen LogP contribution in [0.5, 0.6) is 5.75 Å². The predicted molar refractivity (Wildman–Crippen MR) is 99.5 cm³/mol. The number of hydrogen-bond acceptors (Lipinski definition) is 2. The summed E-state index contributed by atoms with van der Waals surface area (Å²) in [4.78, 5) is 2.58. The second-order valence-electron chi connectivity index (χ2n) is 6.60. The normalized spacial score (nSPS) is 15.9. The molecule has 122 valence electrons. The Morgan fingerprint density at radius 3 is 2.67 bits per heavy atom. The van der Waals surface area contributed by atoms with E-state index in [-0.39, 0.29) is 0 Å². The van der Waals surface area contributed by atoms with E-state index in [0.29, 0.717) is 6.04 Å². The molecule has 0 bridgehead atoms. The van der Waals surface area contributed by atoms with Gasteiger partial charge in [-0.3, -0.25) is 4.90 Å². The number of methoxy groups -OCH3 is 1. The van der Waals surface area contributed by atoms with Crippen LogP contribution in [0.2, 0.25) is 0 Å². The number of fused-ring (bicyclic) bond motifs is 2. The molecule has 3 aromatic carbocycles. The molecule has 0 saturated heterocycles. The molecular weight excluding hydrogens is 294 g/mol. The third-order valence-corrected chi connectivity index (χ3v) is 5.28. The summed E-state index contributed by atoms with van der Waals surface area (Å²) in [6.07, 6.45) is 1.08. The average molecular weight is 317 g/mol. The summed E-state index contributed by atoms with van der Waals surface area (Å²) in [6, 6.07) is 22.2. The van der Waals surface area contributed by atoms with Crippen molar-refractivity contribution in [3.8, 4) is 5.75 Å². The van der Waals surface area contributed by atoms with Crippen molar-refractivity contribution in [3.63, 3.8) is 0 Å². The number of ether oxygens (including phenoxy) is 1. The van der Waals surface area contributed by atoms with E-state index < -0.39 is 0 Å². The molecule has 0 radical (unpaired) electrons. The predicted octanol–water partition coefficient (Wildman–Crippen LogP) is 4.97. The smallest absolute Gasteiger partial charge is 0.119 e. The van der Waals surface area contributed by atoms with Gasteiger partial charge in [-0.25, -0.2) is 0 Å². The van der Waals surface area contributed by atoms with Crippen molar-refractivity contribution in [3.05, 3.63) is 77.4 Å². The fraction of sp³-hybridized carbons (Fsp3) is 0.273. The summed E-state index contributed by atoms with van der Waals surface area (Å²) >= 11 is 0. The molecular formula is C22H23NO. The average Bonchev–Trinajstić information content (AvgIpc) is 2.66. The largest absolute Gasteiger partial charge is 0.497 e. The lowest BCUT2D eigenvalue weighted by atomic mass is 9.94. The first-order valence-electron chi connectivity index (χ1n) is 8.64. The summed E-state index contributed by atoms with van der Waals surface area (Å²) < 4.78 is 5.36. The molecule has 1 atom stereocenters. The van der Waals surface area contributed by atoms with E-state index in [4.69, 9.17) is 4.74 Å².